The van der Waals surface area contributed by atoms with E-state index in [1.165, 1.54) is 0 Å². The largest absolute Gasteiger partial charge is 0.367 e. The van der Waals surface area contributed by atoms with Crippen molar-refractivity contribution in [3.05, 3.63) is 75.6 Å². The Morgan fingerprint density at radius 1 is 1.11 bits per heavy atom. The molecule has 2 heterocycles. The Morgan fingerprint density at radius 3 is 2.61 bits per heavy atom. The zero-order valence-corrected chi connectivity index (χ0v) is 17.1. The first-order chi connectivity index (χ1) is 13.6. The second kappa shape index (κ2) is 13.0. The first-order valence-electron chi connectivity index (χ1n) is 9.11. The van der Waals surface area contributed by atoms with Crippen molar-refractivity contribution >= 4 is 23.4 Å². The quantitative estimate of drug-likeness (QED) is 0.219. The zero-order valence-electron chi connectivity index (χ0n) is 15.5. The number of aromatic nitrogens is 2. The van der Waals surface area contributed by atoms with Gasteiger partial charge in [0.25, 0.3) is 6.20 Å². The molecule has 0 unspecified atom stereocenters. The van der Waals surface area contributed by atoms with E-state index < -0.39 is 4.92 Å². The van der Waals surface area contributed by atoms with Gasteiger partial charge in [-0.15, -0.1) is 11.8 Å². The van der Waals surface area contributed by atoms with Gasteiger partial charge in [0.2, 0.25) is 0 Å². The highest BCUT2D eigenvalue weighted by Gasteiger charge is 2.04. The van der Waals surface area contributed by atoms with Crippen LogP contribution in [0.25, 0.3) is 0 Å². The summed E-state index contributed by atoms with van der Waals surface area (Å²) in [7, 11) is 0. The third-order valence-electron chi connectivity index (χ3n) is 3.75. The molecule has 0 radical (unpaired) electrons. The molecular formula is C19H24ClN5O2S. The number of unbranched alkanes of at least 4 members (excludes halogenated alkanes) is 1. The second-order valence-corrected chi connectivity index (χ2v) is 7.46. The molecule has 0 saturated heterocycles. The topological polar surface area (TPSA) is 93.0 Å². The molecule has 0 aliphatic rings. The molecule has 9 heteroatoms. The molecule has 0 aromatic carbocycles. The molecule has 0 saturated carbocycles. The van der Waals surface area contributed by atoms with Crippen molar-refractivity contribution in [3.63, 3.8) is 0 Å². The molecule has 150 valence electrons. The molecule has 0 aliphatic heterocycles. The smallest absolute Gasteiger partial charge is 0.274 e. The first-order valence-corrected chi connectivity index (χ1v) is 10.5. The third-order valence-corrected chi connectivity index (χ3v) is 5.12. The molecule has 28 heavy (non-hydrogen) atoms. The van der Waals surface area contributed by atoms with E-state index in [0.717, 1.165) is 48.4 Å². The fourth-order valence-electron chi connectivity index (χ4n) is 2.41. The van der Waals surface area contributed by atoms with Crippen molar-refractivity contribution in [1.29, 1.82) is 0 Å². The van der Waals surface area contributed by atoms with E-state index >= 15 is 0 Å². The molecule has 7 nitrogen and oxygen atoms in total. The molecular weight excluding hydrogens is 398 g/mol. The van der Waals surface area contributed by atoms with Crippen LogP contribution in [0.2, 0.25) is 5.02 Å². The molecule has 0 spiro atoms. The van der Waals surface area contributed by atoms with Crippen LogP contribution < -0.4 is 10.6 Å². The Morgan fingerprint density at radius 2 is 1.89 bits per heavy atom. The number of rotatable bonds is 13. The summed E-state index contributed by atoms with van der Waals surface area (Å²) >= 11 is 7.76. The summed E-state index contributed by atoms with van der Waals surface area (Å²) in [6.45, 7) is 1.29. The van der Waals surface area contributed by atoms with Crippen molar-refractivity contribution in [2.45, 2.75) is 30.7 Å². The lowest BCUT2D eigenvalue weighted by atomic mass is 10.2. The van der Waals surface area contributed by atoms with Crippen LogP contribution in [-0.4, -0.2) is 33.7 Å². The Hall–Kier alpha value is -2.32. The Balaban J connectivity index is 1.63. The molecule has 2 aromatic rings. The molecule has 0 amide bonds. The lowest BCUT2D eigenvalue weighted by Crippen LogP contribution is -2.29. The van der Waals surface area contributed by atoms with E-state index in [2.05, 4.69) is 20.6 Å². The highest BCUT2D eigenvalue weighted by molar-refractivity contribution is 7.99. The predicted octanol–water partition coefficient (Wildman–Crippen LogP) is 3.89. The van der Waals surface area contributed by atoms with Gasteiger partial charge in [0.1, 0.15) is 0 Å². The molecule has 0 fully saturated rings. The first kappa shape index (κ1) is 22.0. The van der Waals surface area contributed by atoms with Crippen molar-refractivity contribution in [2.75, 3.05) is 18.8 Å². The van der Waals surface area contributed by atoms with Crippen LogP contribution >= 0.6 is 23.4 Å². The highest BCUT2D eigenvalue weighted by atomic mass is 35.5. The van der Waals surface area contributed by atoms with E-state index in [1.54, 1.807) is 24.2 Å². The zero-order chi connectivity index (χ0) is 20.0. The Bertz CT molecular complexity index is 761. The van der Waals surface area contributed by atoms with Gasteiger partial charge in [-0.1, -0.05) is 17.7 Å². The van der Waals surface area contributed by atoms with Gasteiger partial charge >= 0.3 is 0 Å². The fourth-order valence-corrected chi connectivity index (χ4v) is 3.43. The number of nitro groups is 1. The van der Waals surface area contributed by atoms with Crippen molar-refractivity contribution in [3.8, 4) is 0 Å². The van der Waals surface area contributed by atoms with E-state index in [9.17, 15) is 10.1 Å². The van der Waals surface area contributed by atoms with Gasteiger partial charge in [-0.3, -0.25) is 15.1 Å². The van der Waals surface area contributed by atoms with Crippen LogP contribution in [0, 0.1) is 10.1 Å². The van der Waals surface area contributed by atoms with Crippen molar-refractivity contribution in [1.82, 2.24) is 20.6 Å². The summed E-state index contributed by atoms with van der Waals surface area (Å²) in [5, 5.41) is 18.7. The Labute approximate surface area is 174 Å². The molecule has 0 bridgehead atoms. The van der Waals surface area contributed by atoms with Crippen LogP contribution in [0.15, 0.2) is 59.8 Å². The maximum atomic E-state index is 10.8. The SMILES string of the molecule is O=[N+]([O-])/C=C(/NCCCCc1ncccc1Cl)NCCCSc1ccccn1. The summed E-state index contributed by atoms with van der Waals surface area (Å²) in [6.07, 6.45) is 7.89. The minimum atomic E-state index is -0.453. The summed E-state index contributed by atoms with van der Waals surface area (Å²) < 4.78 is 0. The number of nitrogens with one attached hydrogen (secondary N) is 2. The van der Waals surface area contributed by atoms with Crippen LogP contribution in [0.3, 0.4) is 0 Å². The maximum absolute atomic E-state index is 10.8. The van der Waals surface area contributed by atoms with Crippen LogP contribution in [0.5, 0.6) is 0 Å². The van der Waals surface area contributed by atoms with Crippen LogP contribution in [0.1, 0.15) is 25.0 Å². The van der Waals surface area contributed by atoms with Gasteiger partial charge in [0.15, 0.2) is 5.82 Å². The van der Waals surface area contributed by atoms with Crippen molar-refractivity contribution < 1.29 is 4.92 Å². The van der Waals surface area contributed by atoms with Crippen molar-refractivity contribution in [2.24, 2.45) is 0 Å². The number of halogens is 1. The molecule has 0 atom stereocenters. The lowest BCUT2D eigenvalue weighted by molar-refractivity contribution is -0.404. The minimum absolute atomic E-state index is 0.434. The number of thioether (sulfide) groups is 1. The number of hydrogen-bond acceptors (Lipinski definition) is 7. The van der Waals surface area contributed by atoms with E-state index in [0.29, 0.717) is 23.9 Å². The maximum Gasteiger partial charge on any atom is 0.274 e. The van der Waals surface area contributed by atoms with Gasteiger partial charge in [-0.25, -0.2) is 4.98 Å². The number of nitrogens with zero attached hydrogens (tertiary/aromatic N) is 3. The van der Waals surface area contributed by atoms with E-state index in [1.807, 2.05) is 30.3 Å². The second-order valence-electron chi connectivity index (χ2n) is 5.94. The Kier molecular flexibility index (Phi) is 10.2. The molecule has 2 aromatic heterocycles. The molecule has 2 rings (SSSR count). The highest BCUT2D eigenvalue weighted by Crippen LogP contribution is 2.15. The summed E-state index contributed by atoms with van der Waals surface area (Å²) in [6, 6.07) is 9.45. The average molecular weight is 422 g/mol. The van der Waals surface area contributed by atoms with Gasteiger partial charge in [-0.2, -0.15) is 0 Å². The van der Waals surface area contributed by atoms with Gasteiger partial charge < -0.3 is 10.6 Å². The monoisotopic (exact) mass is 421 g/mol. The summed E-state index contributed by atoms with van der Waals surface area (Å²) in [5.74, 6) is 1.32. The van der Waals surface area contributed by atoms with Gasteiger partial charge in [0, 0.05) is 31.2 Å². The number of hydrogen-bond donors (Lipinski definition) is 2. The summed E-state index contributed by atoms with van der Waals surface area (Å²) in [5.41, 5.74) is 0.883. The summed E-state index contributed by atoms with van der Waals surface area (Å²) in [4.78, 5) is 18.9. The predicted molar refractivity (Wildman–Crippen MR) is 113 cm³/mol. The lowest BCUT2D eigenvalue weighted by Gasteiger charge is -2.11. The molecule has 0 aliphatic carbocycles. The van der Waals surface area contributed by atoms with Crippen LogP contribution in [0.4, 0.5) is 0 Å². The minimum Gasteiger partial charge on any atom is -0.367 e. The van der Waals surface area contributed by atoms with E-state index in [-0.39, 0.29) is 0 Å². The van der Waals surface area contributed by atoms with Gasteiger partial charge in [-0.05, 0) is 49.9 Å². The normalized spacial score (nSPS) is 11.2. The molecule has 2 N–H and O–H groups in total. The van der Waals surface area contributed by atoms with Gasteiger partial charge in [0.05, 0.1) is 20.7 Å². The van der Waals surface area contributed by atoms with E-state index in [4.69, 9.17) is 11.6 Å². The van der Waals surface area contributed by atoms with Crippen LogP contribution in [-0.2, 0) is 6.42 Å². The standard InChI is InChI=1S/C19H24ClN5O2S/c20-16-7-5-12-21-17(16)8-1-3-10-22-18(15-25(26)27)23-13-6-14-28-19-9-2-4-11-24-19/h2,4-5,7,9,11-12,15,22-23H,1,3,6,8,10,13-14H2/b18-15-. The number of pyridine rings is 2. The average Bonchev–Trinajstić information content (AvgIpc) is 2.69. The third kappa shape index (κ3) is 9.05. The fraction of sp³-hybridized carbons (Fsp3) is 0.368. The number of aryl methyl sites for hydroxylation is 1.